The van der Waals surface area contributed by atoms with Crippen LogP contribution in [0.1, 0.15) is 32.3 Å². The van der Waals surface area contributed by atoms with E-state index in [9.17, 15) is 13.2 Å². The van der Waals surface area contributed by atoms with Crippen LogP contribution in [0.15, 0.2) is 29.2 Å². The first kappa shape index (κ1) is 13.7. The molecule has 5 heteroatoms. The molecule has 0 aliphatic carbocycles. The first-order valence-corrected chi connectivity index (χ1v) is 6.80. The SMILES string of the molecule is CC(=O)N(C)S(=O)(=O)c1cccc(C(C)C)c1. The summed E-state index contributed by atoms with van der Waals surface area (Å²) < 4.78 is 24.9. The largest absolute Gasteiger partial charge is 0.274 e. The minimum atomic E-state index is -3.71. The van der Waals surface area contributed by atoms with Crippen LogP contribution >= 0.6 is 0 Å². The van der Waals surface area contributed by atoms with Gasteiger partial charge in [0, 0.05) is 14.0 Å². The van der Waals surface area contributed by atoms with Crippen LogP contribution in [0.5, 0.6) is 0 Å². The number of hydrogen-bond donors (Lipinski definition) is 0. The van der Waals surface area contributed by atoms with E-state index in [1.165, 1.54) is 20.0 Å². The summed E-state index contributed by atoms with van der Waals surface area (Å²) in [5, 5.41) is 0. The number of amides is 1. The molecule has 0 aliphatic heterocycles. The quantitative estimate of drug-likeness (QED) is 0.829. The highest BCUT2D eigenvalue weighted by molar-refractivity contribution is 7.89. The Balaban J connectivity index is 3.25. The van der Waals surface area contributed by atoms with Crippen molar-refractivity contribution in [3.63, 3.8) is 0 Å². The highest BCUT2D eigenvalue weighted by Crippen LogP contribution is 2.20. The van der Waals surface area contributed by atoms with Crippen molar-refractivity contribution in [3.05, 3.63) is 29.8 Å². The third-order valence-electron chi connectivity index (χ3n) is 2.63. The molecule has 0 radical (unpaired) electrons. The van der Waals surface area contributed by atoms with Crippen LogP contribution < -0.4 is 0 Å². The standard InChI is InChI=1S/C12H17NO3S/c1-9(2)11-6-5-7-12(8-11)17(15,16)13(4)10(3)14/h5-9H,1-4H3. The van der Waals surface area contributed by atoms with Crippen LogP contribution in [0, 0.1) is 0 Å². The molecule has 0 unspecified atom stereocenters. The molecule has 1 rings (SSSR count). The molecule has 0 aromatic heterocycles. The van der Waals surface area contributed by atoms with Crippen molar-refractivity contribution in [2.75, 3.05) is 7.05 Å². The van der Waals surface area contributed by atoms with Crippen molar-refractivity contribution in [2.24, 2.45) is 0 Å². The van der Waals surface area contributed by atoms with E-state index in [1.807, 2.05) is 19.9 Å². The Hall–Kier alpha value is -1.36. The molecule has 0 N–H and O–H groups in total. The molecule has 4 nitrogen and oxygen atoms in total. The second-order valence-corrected chi connectivity index (χ2v) is 6.19. The number of benzene rings is 1. The monoisotopic (exact) mass is 255 g/mol. The summed E-state index contributed by atoms with van der Waals surface area (Å²) in [6.07, 6.45) is 0. The van der Waals surface area contributed by atoms with Gasteiger partial charge in [-0.15, -0.1) is 0 Å². The summed E-state index contributed by atoms with van der Waals surface area (Å²) in [4.78, 5) is 11.3. The van der Waals surface area contributed by atoms with Crippen LogP contribution in [0.25, 0.3) is 0 Å². The predicted molar refractivity (Wildman–Crippen MR) is 66.2 cm³/mol. The van der Waals surface area contributed by atoms with Gasteiger partial charge in [0.05, 0.1) is 4.90 Å². The number of carbonyl (C=O) groups is 1. The zero-order valence-corrected chi connectivity index (χ0v) is 11.3. The molecule has 0 aliphatic rings. The minimum absolute atomic E-state index is 0.154. The molecule has 1 aromatic carbocycles. The molecule has 0 bridgehead atoms. The maximum Gasteiger partial charge on any atom is 0.266 e. The van der Waals surface area contributed by atoms with E-state index in [4.69, 9.17) is 0 Å². The van der Waals surface area contributed by atoms with Gasteiger partial charge >= 0.3 is 0 Å². The highest BCUT2D eigenvalue weighted by Gasteiger charge is 2.23. The average molecular weight is 255 g/mol. The molecule has 0 fully saturated rings. The fraction of sp³-hybridized carbons (Fsp3) is 0.417. The number of nitrogens with zero attached hydrogens (tertiary/aromatic N) is 1. The van der Waals surface area contributed by atoms with Crippen LogP contribution in [0.2, 0.25) is 0 Å². The van der Waals surface area contributed by atoms with E-state index in [2.05, 4.69) is 0 Å². The molecular formula is C12H17NO3S. The Kier molecular flexibility index (Phi) is 3.93. The Morgan fingerprint density at radius 1 is 1.29 bits per heavy atom. The van der Waals surface area contributed by atoms with Gasteiger partial charge in [0.15, 0.2) is 0 Å². The van der Waals surface area contributed by atoms with Gasteiger partial charge in [0.2, 0.25) is 5.91 Å². The van der Waals surface area contributed by atoms with Crippen molar-refractivity contribution in [2.45, 2.75) is 31.6 Å². The van der Waals surface area contributed by atoms with Crippen LogP contribution in [0.4, 0.5) is 0 Å². The van der Waals surface area contributed by atoms with E-state index in [0.29, 0.717) is 0 Å². The van der Waals surface area contributed by atoms with E-state index in [1.54, 1.807) is 12.1 Å². The third-order valence-corrected chi connectivity index (χ3v) is 4.45. The molecule has 94 valence electrons. The summed E-state index contributed by atoms with van der Waals surface area (Å²) in [7, 11) is -2.45. The van der Waals surface area contributed by atoms with Gasteiger partial charge in [-0.3, -0.25) is 4.79 Å². The Bertz CT molecular complexity index is 520. The lowest BCUT2D eigenvalue weighted by molar-refractivity contribution is -0.123. The molecule has 0 spiro atoms. The number of rotatable bonds is 3. The molecule has 0 saturated carbocycles. The Labute approximate surface area is 102 Å². The van der Waals surface area contributed by atoms with Gasteiger partial charge < -0.3 is 0 Å². The Morgan fingerprint density at radius 3 is 2.35 bits per heavy atom. The van der Waals surface area contributed by atoms with Gasteiger partial charge in [-0.05, 0) is 23.6 Å². The summed E-state index contributed by atoms with van der Waals surface area (Å²) >= 11 is 0. The molecule has 0 atom stereocenters. The zero-order chi connectivity index (χ0) is 13.2. The van der Waals surface area contributed by atoms with Crippen molar-refractivity contribution in [1.82, 2.24) is 4.31 Å². The molecule has 1 aromatic rings. The maximum absolute atomic E-state index is 12.1. The van der Waals surface area contributed by atoms with Crippen molar-refractivity contribution in [3.8, 4) is 0 Å². The minimum Gasteiger partial charge on any atom is -0.274 e. The number of sulfonamides is 1. The molecular weight excluding hydrogens is 238 g/mol. The van der Waals surface area contributed by atoms with Crippen molar-refractivity contribution >= 4 is 15.9 Å². The molecule has 17 heavy (non-hydrogen) atoms. The summed E-state index contributed by atoms with van der Waals surface area (Å²) in [5.41, 5.74) is 0.933. The fourth-order valence-electron chi connectivity index (χ4n) is 1.36. The lowest BCUT2D eigenvalue weighted by Crippen LogP contribution is -2.31. The van der Waals surface area contributed by atoms with Crippen molar-refractivity contribution < 1.29 is 13.2 Å². The first-order valence-electron chi connectivity index (χ1n) is 5.36. The van der Waals surface area contributed by atoms with Gasteiger partial charge in [-0.2, -0.15) is 0 Å². The summed E-state index contributed by atoms with van der Waals surface area (Å²) in [6, 6.07) is 6.67. The van der Waals surface area contributed by atoms with Gasteiger partial charge in [0.25, 0.3) is 10.0 Å². The molecule has 0 saturated heterocycles. The van der Waals surface area contributed by atoms with Crippen LogP contribution in [-0.4, -0.2) is 25.7 Å². The summed E-state index contributed by atoms with van der Waals surface area (Å²) in [5.74, 6) is -0.257. The molecule has 1 amide bonds. The van der Waals surface area contributed by atoms with Crippen LogP contribution in [0.3, 0.4) is 0 Å². The lowest BCUT2D eigenvalue weighted by Gasteiger charge is -2.16. The van der Waals surface area contributed by atoms with Crippen molar-refractivity contribution in [1.29, 1.82) is 0 Å². The molecule has 0 heterocycles. The van der Waals surface area contributed by atoms with E-state index in [-0.39, 0.29) is 10.8 Å². The van der Waals surface area contributed by atoms with E-state index < -0.39 is 15.9 Å². The van der Waals surface area contributed by atoms with Gasteiger partial charge in [-0.25, -0.2) is 12.7 Å². The second kappa shape index (κ2) is 4.87. The van der Waals surface area contributed by atoms with Crippen LogP contribution in [-0.2, 0) is 14.8 Å². The predicted octanol–water partition coefficient (Wildman–Crippen LogP) is 1.98. The average Bonchev–Trinajstić information content (AvgIpc) is 2.28. The van der Waals surface area contributed by atoms with E-state index >= 15 is 0 Å². The second-order valence-electron chi connectivity index (χ2n) is 4.22. The number of hydrogen-bond acceptors (Lipinski definition) is 3. The lowest BCUT2D eigenvalue weighted by atomic mass is 10.0. The topological polar surface area (TPSA) is 54.5 Å². The van der Waals surface area contributed by atoms with E-state index in [0.717, 1.165) is 9.87 Å². The first-order chi connectivity index (χ1) is 7.76. The normalized spacial score (nSPS) is 11.6. The summed E-state index contributed by atoms with van der Waals surface area (Å²) in [6.45, 7) is 5.20. The Morgan fingerprint density at radius 2 is 1.88 bits per heavy atom. The fourth-order valence-corrected chi connectivity index (χ4v) is 2.55. The third kappa shape index (κ3) is 2.85. The van der Waals surface area contributed by atoms with Gasteiger partial charge in [-0.1, -0.05) is 26.0 Å². The highest BCUT2D eigenvalue weighted by atomic mass is 32.2. The maximum atomic E-state index is 12.1. The smallest absolute Gasteiger partial charge is 0.266 e. The zero-order valence-electron chi connectivity index (χ0n) is 10.5. The number of carbonyl (C=O) groups excluding carboxylic acids is 1. The van der Waals surface area contributed by atoms with Gasteiger partial charge in [0.1, 0.15) is 0 Å².